The summed E-state index contributed by atoms with van der Waals surface area (Å²) in [6.45, 7) is 2.05. The molecule has 1 aromatic carbocycles. The molecule has 0 aliphatic rings. The minimum atomic E-state index is -1.11. The molecule has 19 heavy (non-hydrogen) atoms. The number of carboxylic acid groups (broad SMARTS) is 1. The lowest BCUT2D eigenvalue weighted by Crippen LogP contribution is -2.02. The van der Waals surface area contributed by atoms with Gasteiger partial charge >= 0.3 is 5.97 Å². The lowest BCUT2D eigenvalue weighted by molar-refractivity contribution is 0.0693. The molecule has 2 rings (SSSR count). The molecule has 1 heterocycles. The third-order valence-electron chi connectivity index (χ3n) is 2.60. The molecule has 0 atom stereocenters. The van der Waals surface area contributed by atoms with Crippen LogP contribution in [-0.2, 0) is 6.42 Å². The number of benzene rings is 1. The Balaban J connectivity index is 2.31. The van der Waals surface area contributed by atoms with Gasteiger partial charge in [0.25, 0.3) is 0 Å². The van der Waals surface area contributed by atoms with Gasteiger partial charge in [-0.2, -0.15) is 0 Å². The van der Waals surface area contributed by atoms with E-state index in [4.69, 9.17) is 21.4 Å². The number of pyridine rings is 1. The van der Waals surface area contributed by atoms with Gasteiger partial charge in [0, 0.05) is 0 Å². The van der Waals surface area contributed by atoms with E-state index in [2.05, 4.69) is 11.9 Å². The first-order chi connectivity index (χ1) is 9.10. The van der Waals surface area contributed by atoms with Gasteiger partial charge in [-0.3, -0.25) is 0 Å². The number of halogens is 1. The average Bonchev–Trinajstić information content (AvgIpc) is 2.39. The highest BCUT2D eigenvalue weighted by Crippen LogP contribution is 2.25. The maximum absolute atomic E-state index is 11.1. The van der Waals surface area contributed by atoms with Crippen molar-refractivity contribution in [3.05, 3.63) is 52.7 Å². The molecule has 98 valence electrons. The van der Waals surface area contributed by atoms with Gasteiger partial charge in [-0.15, -0.1) is 0 Å². The second kappa shape index (κ2) is 5.71. The molecular weight excluding hydrogens is 266 g/mol. The molecule has 0 fully saturated rings. The molecule has 2 aromatic rings. The summed E-state index contributed by atoms with van der Waals surface area (Å²) in [5, 5.41) is 9.24. The van der Waals surface area contributed by atoms with Crippen LogP contribution in [0, 0.1) is 0 Å². The minimum Gasteiger partial charge on any atom is -0.477 e. The van der Waals surface area contributed by atoms with Gasteiger partial charge in [0.05, 0.1) is 0 Å². The van der Waals surface area contributed by atoms with E-state index in [1.54, 1.807) is 12.1 Å². The summed E-state index contributed by atoms with van der Waals surface area (Å²) in [6.07, 6.45) is 0.927. The molecule has 5 heteroatoms. The van der Waals surface area contributed by atoms with Crippen molar-refractivity contribution in [1.29, 1.82) is 0 Å². The van der Waals surface area contributed by atoms with Gasteiger partial charge in [0.2, 0.25) is 5.88 Å². The first-order valence-electron chi connectivity index (χ1n) is 5.76. The summed E-state index contributed by atoms with van der Waals surface area (Å²) in [6, 6.07) is 10.2. The van der Waals surface area contributed by atoms with E-state index in [9.17, 15) is 4.79 Å². The Morgan fingerprint density at radius 1 is 1.26 bits per heavy atom. The maximum Gasteiger partial charge on any atom is 0.341 e. The molecular formula is C14H12ClNO3. The number of aromatic nitrogens is 1. The molecule has 1 N–H and O–H groups in total. The van der Waals surface area contributed by atoms with E-state index in [1.807, 2.05) is 12.1 Å². The summed E-state index contributed by atoms with van der Waals surface area (Å²) in [7, 11) is 0. The Kier molecular flexibility index (Phi) is 4.02. The van der Waals surface area contributed by atoms with E-state index in [-0.39, 0.29) is 16.6 Å². The fraction of sp³-hybridized carbons (Fsp3) is 0.143. The largest absolute Gasteiger partial charge is 0.477 e. The van der Waals surface area contributed by atoms with E-state index in [0.717, 1.165) is 6.42 Å². The smallest absolute Gasteiger partial charge is 0.341 e. The zero-order valence-electron chi connectivity index (χ0n) is 10.3. The van der Waals surface area contributed by atoms with Crippen molar-refractivity contribution in [2.75, 3.05) is 0 Å². The molecule has 0 saturated heterocycles. The van der Waals surface area contributed by atoms with Crippen LogP contribution in [0.15, 0.2) is 36.4 Å². The van der Waals surface area contributed by atoms with E-state index in [1.165, 1.54) is 17.7 Å². The number of hydrogen-bond acceptors (Lipinski definition) is 3. The Morgan fingerprint density at radius 3 is 2.53 bits per heavy atom. The van der Waals surface area contributed by atoms with Crippen molar-refractivity contribution in [1.82, 2.24) is 4.98 Å². The van der Waals surface area contributed by atoms with Crippen LogP contribution < -0.4 is 4.74 Å². The zero-order chi connectivity index (χ0) is 13.8. The third kappa shape index (κ3) is 3.23. The molecule has 0 unspecified atom stereocenters. The molecule has 0 aliphatic heterocycles. The quantitative estimate of drug-likeness (QED) is 0.864. The standard InChI is InChI=1S/C14H12ClNO3/c1-2-9-3-5-10(6-4-9)19-13-11(14(17)18)7-8-12(15)16-13/h3-8H,2H2,1H3,(H,17,18). The van der Waals surface area contributed by atoms with Crippen molar-refractivity contribution in [3.63, 3.8) is 0 Å². The van der Waals surface area contributed by atoms with E-state index in [0.29, 0.717) is 5.75 Å². The van der Waals surface area contributed by atoms with Gasteiger partial charge < -0.3 is 9.84 Å². The summed E-state index contributed by atoms with van der Waals surface area (Å²) < 4.78 is 5.47. The van der Waals surface area contributed by atoms with Crippen LogP contribution in [0.25, 0.3) is 0 Å². The topological polar surface area (TPSA) is 59.4 Å². The van der Waals surface area contributed by atoms with Crippen LogP contribution in [0.4, 0.5) is 0 Å². The van der Waals surface area contributed by atoms with Crippen LogP contribution in [0.2, 0.25) is 5.15 Å². The maximum atomic E-state index is 11.1. The number of rotatable bonds is 4. The molecule has 0 bridgehead atoms. The predicted molar refractivity (Wildman–Crippen MR) is 72.1 cm³/mol. The van der Waals surface area contributed by atoms with Crippen LogP contribution in [0.5, 0.6) is 11.6 Å². The highest BCUT2D eigenvalue weighted by molar-refractivity contribution is 6.29. The van der Waals surface area contributed by atoms with Crippen molar-refractivity contribution in [2.24, 2.45) is 0 Å². The SMILES string of the molecule is CCc1ccc(Oc2nc(Cl)ccc2C(=O)O)cc1. The lowest BCUT2D eigenvalue weighted by Gasteiger charge is -2.08. The number of carbonyl (C=O) groups is 1. The van der Waals surface area contributed by atoms with Crippen molar-refractivity contribution < 1.29 is 14.6 Å². The zero-order valence-corrected chi connectivity index (χ0v) is 11.0. The van der Waals surface area contributed by atoms with E-state index >= 15 is 0 Å². The number of nitrogens with zero attached hydrogens (tertiary/aromatic N) is 1. The molecule has 0 aliphatic carbocycles. The highest BCUT2D eigenvalue weighted by Gasteiger charge is 2.14. The molecule has 4 nitrogen and oxygen atoms in total. The summed E-state index contributed by atoms with van der Waals surface area (Å²) in [5.41, 5.74) is 1.15. The molecule has 0 radical (unpaired) electrons. The first-order valence-corrected chi connectivity index (χ1v) is 6.14. The number of ether oxygens (including phenoxy) is 1. The van der Waals surface area contributed by atoms with Crippen LogP contribution in [0.3, 0.4) is 0 Å². The Hall–Kier alpha value is -2.07. The number of hydrogen-bond donors (Lipinski definition) is 1. The monoisotopic (exact) mass is 277 g/mol. The highest BCUT2D eigenvalue weighted by atomic mass is 35.5. The van der Waals surface area contributed by atoms with Crippen molar-refractivity contribution >= 4 is 17.6 Å². The Bertz CT molecular complexity index is 596. The Labute approximate surface area is 115 Å². The number of carboxylic acids is 1. The number of aromatic carboxylic acids is 1. The van der Waals surface area contributed by atoms with Crippen molar-refractivity contribution in [2.45, 2.75) is 13.3 Å². The van der Waals surface area contributed by atoms with E-state index < -0.39 is 5.97 Å². The predicted octanol–water partition coefficient (Wildman–Crippen LogP) is 3.79. The molecule has 0 amide bonds. The van der Waals surface area contributed by atoms with Crippen LogP contribution in [0.1, 0.15) is 22.8 Å². The van der Waals surface area contributed by atoms with Gasteiger partial charge in [0.1, 0.15) is 16.5 Å². The van der Waals surface area contributed by atoms with Crippen LogP contribution in [-0.4, -0.2) is 16.1 Å². The average molecular weight is 278 g/mol. The van der Waals surface area contributed by atoms with Crippen molar-refractivity contribution in [3.8, 4) is 11.6 Å². The second-order valence-corrected chi connectivity index (χ2v) is 4.28. The van der Waals surface area contributed by atoms with Crippen LogP contribution >= 0.6 is 11.6 Å². The van der Waals surface area contributed by atoms with Gasteiger partial charge in [-0.1, -0.05) is 30.7 Å². The van der Waals surface area contributed by atoms with Gasteiger partial charge in [0.15, 0.2) is 0 Å². The van der Waals surface area contributed by atoms with Gasteiger partial charge in [-0.05, 0) is 36.2 Å². The molecule has 0 saturated carbocycles. The molecule has 1 aromatic heterocycles. The summed E-state index contributed by atoms with van der Waals surface area (Å²) in [4.78, 5) is 15.0. The lowest BCUT2D eigenvalue weighted by atomic mass is 10.2. The number of aryl methyl sites for hydroxylation is 1. The first kappa shape index (κ1) is 13.4. The second-order valence-electron chi connectivity index (χ2n) is 3.89. The minimum absolute atomic E-state index is 0.00996. The summed E-state index contributed by atoms with van der Waals surface area (Å²) in [5.74, 6) is -0.594. The third-order valence-corrected chi connectivity index (χ3v) is 2.81. The summed E-state index contributed by atoms with van der Waals surface area (Å²) >= 11 is 5.75. The van der Waals surface area contributed by atoms with Gasteiger partial charge in [-0.25, -0.2) is 9.78 Å². The Morgan fingerprint density at radius 2 is 1.95 bits per heavy atom. The fourth-order valence-electron chi connectivity index (χ4n) is 1.56. The fourth-order valence-corrected chi connectivity index (χ4v) is 1.70. The normalized spacial score (nSPS) is 10.2. The molecule has 0 spiro atoms.